The van der Waals surface area contributed by atoms with Crippen LogP contribution in [0.1, 0.15) is 5.56 Å². The molecule has 0 aliphatic carbocycles. The topological polar surface area (TPSA) is 45.5 Å². The summed E-state index contributed by atoms with van der Waals surface area (Å²) in [7, 11) is 3.28. The molecular weight excluding hydrogens is 244 g/mol. The van der Waals surface area contributed by atoms with E-state index in [1.54, 1.807) is 26.2 Å². The average molecular weight is 254 g/mol. The Morgan fingerprint density at radius 1 is 1.44 bits per heavy atom. The van der Waals surface area contributed by atoms with Gasteiger partial charge in [0.25, 0.3) is 5.91 Å². The predicted molar refractivity (Wildman–Crippen MR) is 67.7 cm³/mol. The fourth-order valence-corrected chi connectivity index (χ4v) is 1.96. The van der Waals surface area contributed by atoms with Gasteiger partial charge in [0.05, 0.1) is 16.2 Å². The van der Waals surface area contributed by atoms with E-state index in [0.29, 0.717) is 21.2 Å². The van der Waals surface area contributed by atoms with Crippen molar-refractivity contribution >= 4 is 41.3 Å². The fourth-order valence-electron chi connectivity index (χ4n) is 1.53. The molecule has 1 N–H and O–H groups in total. The van der Waals surface area contributed by atoms with E-state index in [2.05, 4.69) is 12.6 Å². The highest BCUT2D eigenvalue weighted by molar-refractivity contribution is 7.80. The zero-order valence-electron chi connectivity index (χ0n) is 8.76. The van der Waals surface area contributed by atoms with Crippen LogP contribution in [0.2, 0.25) is 0 Å². The number of carbonyl (C=O) groups is 1. The van der Waals surface area contributed by atoms with Crippen molar-refractivity contribution in [2.75, 3.05) is 7.05 Å². The van der Waals surface area contributed by atoms with Crippen molar-refractivity contribution in [1.82, 2.24) is 9.47 Å². The Morgan fingerprint density at radius 2 is 2.06 bits per heavy atom. The van der Waals surface area contributed by atoms with Crippen molar-refractivity contribution in [3.8, 4) is 5.88 Å². The molecule has 0 spiro atoms. The lowest BCUT2D eigenvalue weighted by molar-refractivity contribution is -0.120. The fraction of sp³-hybridized carbons (Fsp3) is 0.200. The predicted octanol–water partition coefficient (Wildman–Crippen LogP) is 1.20. The number of rotatable bonds is 1. The van der Waals surface area contributed by atoms with Crippen LogP contribution in [0, 0.1) is 0 Å². The molecule has 0 unspecified atom stereocenters. The molecule has 2 rings (SSSR count). The zero-order valence-corrected chi connectivity index (χ0v) is 10.5. The molecule has 1 aliphatic heterocycles. The molecule has 0 radical (unpaired) electrons. The quantitative estimate of drug-likeness (QED) is 0.585. The molecule has 0 saturated heterocycles. The van der Waals surface area contributed by atoms with Crippen LogP contribution in [0.3, 0.4) is 0 Å². The monoisotopic (exact) mass is 254 g/mol. The summed E-state index contributed by atoms with van der Waals surface area (Å²) in [6.45, 7) is 0. The lowest BCUT2D eigenvalue weighted by atomic mass is 10.1. The molecule has 1 aliphatic rings. The Bertz CT molecular complexity index is 531. The van der Waals surface area contributed by atoms with E-state index in [9.17, 15) is 9.90 Å². The van der Waals surface area contributed by atoms with Gasteiger partial charge in [-0.15, -0.1) is 12.6 Å². The molecule has 1 aromatic heterocycles. The SMILES string of the molecule is CN1C(=O)C(c2cc(S)n(C)c2O)=CC1=S. The van der Waals surface area contributed by atoms with Gasteiger partial charge in [-0.3, -0.25) is 4.79 Å². The molecule has 0 aromatic carbocycles. The Hall–Kier alpha value is -1.27. The van der Waals surface area contributed by atoms with Gasteiger partial charge in [0.15, 0.2) is 5.88 Å². The van der Waals surface area contributed by atoms with Gasteiger partial charge in [-0.05, 0) is 12.1 Å². The van der Waals surface area contributed by atoms with Crippen LogP contribution >= 0.6 is 24.8 Å². The number of aromatic nitrogens is 1. The standard InChI is InChI=1S/C10H10N2O2S2/c1-11-7(15)3-5(9(11)13)6-4-8(16)12(2)10(6)14/h3-4,13,15H,1-2H3. The van der Waals surface area contributed by atoms with E-state index in [4.69, 9.17) is 12.2 Å². The minimum absolute atomic E-state index is 0.0164. The lowest BCUT2D eigenvalue weighted by Crippen LogP contribution is -2.24. The number of nitrogens with zero attached hydrogens (tertiary/aromatic N) is 2. The van der Waals surface area contributed by atoms with Crippen LogP contribution in [0.4, 0.5) is 0 Å². The van der Waals surface area contributed by atoms with Crippen molar-refractivity contribution < 1.29 is 9.90 Å². The van der Waals surface area contributed by atoms with Crippen LogP contribution in [-0.4, -0.2) is 32.5 Å². The molecule has 0 bridgehead atoms. The van der Waals surface area contributed by atoms with Gasteiger partial charge in [-0.25, -0.2) is 0 Å². The van der Waals surface area contributed by atoms with E-state index in [1.165, 1.54) is 9.47 Å². The van der Waals surface area contributed by atoms with Crippen molar-refractivity contribution in [1.29, 1.82) is 0 Å². The smallest absolute Gasteiger partial charge is 0.259 e. The summed E-state index contributed by atoms with van der Waals surface area (Å²) in [5, 5.41) is 10.4. The number of thiocarbonyl (C=S) groups is 1. The van der Waals surface area contributed by atoms with Gasteiger partial charge >= 0.3 is 0 Å². The van der Waals surface area contributed by atoms with Crippen LogP contribution in [0.5, 0.6) is 5.88 Å². The number of amides is 1. The van der Waals surface area contributed by atoms with Gasteiger partial charge in [0, 0.05) is 14.1 Å². The molecule has 2 heterocycles. The molecule has 4 nitrogen and oxygen atoms in total. The van der Waals surface area contributed by atoms with E-state index < -0.39 is 0 Å². The van der Waals surface area contributed by atoms with Gasteiger partial charge in [0.1, 0.15) is 4.99 Å². The summed E-state index contributed by atoms with van der Waals surface area (Å²) < 4.78 is 1.49. The zero-order chi connectivity index (χ0) is 12.0. The Kier molecular flexibility index (Phi) is 2.55. The van der Waals surface area contributed by atoms with E-state index in [0.717, 1.165) is 0 Å². The second-order valence-electron chi connectivity index (χ2n) is 3.56. The second kappa shape index (κ2) is 3.64. The third-order valence-electron chi connectivity index (χ3n) is 2.60. The highest BCUT2D eigenvalue weighted by atomic mass is 32.1. The first-order valence-corrected chi connectivity index (χ1v) is 5.40. The molecule has 1 aromatic rings. The van der Waals surface area contributed by atoms with Crippen LogP contribution in [0.25, 0.3) is 5.57 Å². The molecule has 6 heteroatoms. The van der Waals surface area contributed by atoms with Crippen molar-refractivity contribution in [3.05, 3.63) is 17.7 Å². The second-order valence-corrected chi connectivity index (χ2v) is 4.44. The van der Waals surface area contributed by atoms with Gasteiger partial charge in [-0.1, -0.05) is 12.2 Å². The maximum atomic E-state index is 11.8. The first-order chi connectivity index (χ1) is 7.43. The first kappa shape index (κ1) is 11.2. The molecular formula is C10H10N2O2S2. The minimum Gasteiger partial charge on any atom is -0.494 e. The normalized spacial score (nSPS) is 15.9. The van der Waals surface area contributed by atoms with Crippen molar-refractivity contribution in [2.45, 2.75) is 5.03 Å². The highest BCUT2D eigenvalue weighted by Gasteiger charge is 2.29. The number of carbonyl (C=O) groups excluding carboxylic acids is 1. The number of hydrogen-bond acceptors (Lipinski definition) is 4. The largest absolute Gasteiger partial charge is 0.494 e. The Morgan fingerprint density at radius 3 is 2.44 bits per heavy atom. The molecule has 0 fully saturated rings. The minimum atomic E-state index is -0.209. The van der Waals surface area contributed by atoms with E-state index >= 15 is 0 Å². The Labute approximate surface area is 104 Å². The first-order valence-electron chi connectivity index (χ1n) is 4.55. The summed E-state index contributed by atoms with van der Waals surface area (Å²) >= 11 is 9.17. The molecule has 0 atom stereocenters. The van der Waals surface area contributed by atoms with E-state index in [-0.39, 0.29) is 11.8 Å². The maximum absolute atomic E-state index is 11.8. The summed E-state index contributed by atoms with van der Waals surface area (Å²) in [5.41, 5.74) is 0.866. The molecule has 16 heavy (non-hydrogen) atoms. The van der Waals surface area contributed by atoms with Crippen LogP contribution in [0.15, 0.2) is 17.2 Å². The summed E-state index contributed by atoms with van der Waals surface area (Å²) in [6.07, 6.45) is 1.58. The highest BCUT2D eigenvalue weighted by Crippen LogP contribution is 2.33. The number of thiol groups is 1. The number of likely N-dealkylation sites (N-methyl/N-ethyl adjacent to an activating group) is 1. The van der Waals surface area contributed by atoms with Gasteiger partial charge < -0.3 is 14.6 Å². The summed E-state index contributed by atoms with van der Waals surface area (Å²) in [4.78, 5) is 13.6. The number of hydrogen-bond donors (Lipinski definition) is 2. The van der Waals surface area contributed by atoms with Gasteiger partial charge in [0.2, 0.25) is 0 Å². The van der Waals surface area contributed by atoms with Crippen molar-refractivity contribution in [3.63, 3.8) is 0 Å². The van der Waals surface area contributed by atoms with Crippen molar-refractivity contribution in [2.24, 2.45) is 7.05 Å². The number of aromatic hydroxyl groups is 1. The van der Waals surface area contributed by atoms with E-state index in [1.807, 2.05) is 0 Å². The maximum Gasteiger partial charge on any atom is 0.259 e. The molecule has 1 amide bonds. The van der Waals surface area contributed by atoms with Crippen LogP contribution in [-0.2, 0) is 11.8 Å². The van der Waals surface area contributed by atoms with Crippen LogP contribution < -0.4 is 0 Å². The van der Waals surface area contributed by atoms with Gasteiger partial charge in [-0.2, -0.15) is 0 Å². The average Bonchev–Trinajstić information content (AvgIpc) is 2.64. The molecule has 84 valence electrons. The molecule has 0 saturated carbocycles. The summed E-state index contributed by atoms with van der Waals surface area (Å²) in [5.74, 6) is -0.193. The Balaban J connectivity index is 2.55. The summed E-state index contributed by atoms with van der Waals surface area (Å²) in [6, 6.07) is 1.64. The third-order valence-corrected chi connectivity index (χ3v) is 3.42. The third kappa shape index (κ3) is 1.45. The lowest BCUT2D eigenvalue weighted by Gasteiger charge is -2.08.